The minimum absolute atomic E-state index is 0.234. The van der Waals surface area contributed by atoms with Crippen molar-refractivity contribution in [2.45, 2.75) is 50.5 Å². The molecule has 0 aliphatic heterocycles. The zero-order chi connectivity index (χ0) is 15.8. The summed E-state index contributed by atoms with van der Waals surface area (Å²) in [4.78, 5) is 11.8. The first-order valence-corrected chi connectivity index (χ1v) is 8.09. The average molecular weight is 306 g/mol. The highest BCUT2D eigenvalue weighted by Crippen LogP contribution is 2.26. The molecular formula is C17H26N2O3. The van der Waals surface area contributed by atoms with Crippen molar-refractivity contribution in [3.05, 3.63) is 29.8 Å². The summed E-state index contributed by atoms with van der Waals surface area (Å²) >= 11 is 0. The molecule has 1 fully saturated rings. The monoisotopic (exact) mass is 306 g/mol. The van der Waals surface area contributed by atoms with Gasteiger partial charge in [0.05, 0.1) is 5.60 Å². The molecule has 1 aromatic carbocycles. The summed E-state index contributed by atoms with van der Waals surface area (Å²) in [7, 11) is 0. The Hall–Kier alpha value is -1.75. The average Bonchev–Trinajstić information content (AvgIpc) is 2.71. The first-order valence-electron chi connectivity index (χ1n) is 8.09. The summed E-state index contributed by atoms with van der Waals surface area (Å²) in [5, 5.41) is 25.4. The highest BCUT2D eigenvalue weighted by atomic mass is 16.3. The van der Waals surface area contributed by atoms with Crippen LogP contribution in [0.1, 0.15) is 44.1 Å². The third kappa shape index (κ3) is 5.56. The SMILES string of the molecule is O=C(NCCc1cccc(O)c1)NCC1(O)CCCCCC1. The summed E-state index contributed by atoms with van der Waals surface area (Å²) in [5.74, 6) is 0.234. The molecular weight excluding hydrogens is 280 g/mol. The lowest BCUT2D eigenvalue weighted by atomic mass is 9.95. The van der Waals surface area contributed by atoms with E-state index in [1.165, 1.54) is 12.8 Å². The Morgan fingerprint density at radius 2 is 1.86 bits per heavy atom. The molecule has 0 aromatic heterocycles. The molecule has 0 heterocycles. The Morgan fingerprint density at radius 1 is 1.14 bits per heavy atom. The standard InChI is InChI=1S/C17H26N2O3/c20-15-7-5-6-14(12-15)8-11-18-16(21)19-13-17(22)9-3-1-2-4-10-17/h5-7,12,20,22H,1-4,8-11,13H2,(H2,18,19,21). The van der Waals surface area contributed by atoms with Crippen LogP contribution in [0.4, 0.5) is 4.79 Å². The van der Waals surface area contributed by atoms with Crippen molar-refractivity contribution >= 4 is 6.03 Å². The minimum atomic E-state index is -0.751. The van der Waals surface area contributed by atoms with Crippen LogP contribution in [-0.2, 0) is 6.42 Å². The van der Waals surface area contributed by atoms with Gasteiger partial charge in [-0.3, -0.25) is 0 Å². The van der Waals surface area contributed by atoms with E-state index in [0.717, 1.165) is 31.2 Å². The van der Waals surface area contributed by atoms with E-state index in [1.807, 2.05) is 6.07 Å². The van der Waals surface area contributed by atoms with Crippen molar-refractivity contribution in [1.82, 2.24) is 10.6 Å². The Labute approximate surface area is 131 Å². The fraction of sp³-hybridized carbons (Fsp3) is 0.588. The highest BCUT2D eigenvalue weighted by Gasteiger charge is 2.28. The highest BCUT2D eigenvalue weighted by molar-refractivity contribution is 5.73. The molecule has 0 saturated heterocycles. The Kier molecular flexibility index (Phi) is 6.07. The fourth-order valence-corrected chi connectivity index (χ4v) is 2.90. The number of phenolic OH excluding ortho intramolecular Hbond substituents is 1. The van der Waals surface area contributed by atoms with Crippen LogP contribution in [0.15, 0.2) is 24.3 Å². The quantitative estimate of drug-likeness (QED) is 0.630. The molecule has 0 unspecified atom stereocenters. The van der Waals surface area contributed by atoms with Gasteiger partial charge in [0.1, 0.15) is 5.75 Å². The fourth-order valence-electron chi connectivity index (χ4n) is 2.90. The van der Waals surface area contributed by atoms with Gasteiger partial charge in [-0.25, -0.2) is 4.79 Å². The van der Waals surface area contributed by atoms with Crippen LogP contribution in [0.3, 0.4) is 0 Å². The lowest BCUT2D eigenvalue weighted by molar-refractivity contribution is 0.0277. The zero-order valence-corrected chi connectivity index (χ0v) is 13.0. The maximum absolute atomic E-state index is 11.8. The molecule has 1 aliphatic carbocycles. The van der Waals surface area contributed by atoms with Crippen LogP contribution in [0.5, 0.6) is 5.75 Å². The number of rotatable bonds is 5. The zero-order valence-electron chi connectivity index (χ0n) is 13.0. The summed E-state index contributed by atoms with van der Waals surface area (Å²) in [6.07, 6.45) is 6.56. The molecule has 2 rings (SSSR count). The van der Waals surface area contributed by atoms with E-state index in [0.29, 0.717) is 19.5 Å². The largest absolute Gasteiger partial charge is 0.508 e. The molecule has 0 atom stereocenters. The summed E-state index contributed by atoms with van der Waals surface area (Å²) in [5.41, 5.74) is 0.224. The van der Waals surface area contributed by atoms with Crippen LogP contribution in [-0.4, -0.2) is 34.9 Å². The number of phenols is 1. The molecule has 0 radical (unpaired) electrons. The van der Waals surface area contributed by atoms with Gasteiger partial charge in [-0.05, 0) is 37.0 Å². The molecule has 5 heteroatoms. The second-order valence-corrected chi connectivity index (χ2v) is 6.17. The van der Waals surface area contributed by atoms with Gasteiger partial charge in [-0.1, -0.05) is 37.8 Å². The Bertz CT molecular complexity index is 483. The second kappa shape index (κ2) is 8.03. The van der Waals surface area contributed by atoms with Crippen LogP contribution in [0.2, 0.25) is 0 Å². The van der Waals surface area contributed by atoms with E-state index in [-0.39, 0.29) is 11.8 Å². The lowest BCUT2D eigenvalue weighted by Gasteiger charge is -2.26. The van der Waals surface area contributed by atoms with Gasteiger partial charge in [0, 0.05) is 13.1 Å². The summed E-state index contributed by atoms with van der Waals surface area (Å²) < 4.78 is 0. The Morgan fingerprint density at radius 3 is 2.55 bits per heavy atom. The van der Waals surface area contributed by atoms with Gasteiger partial charge >= 0.3 is 6.03 Å². The maximum atomic E-state index is 11.8. The van der Waals surface area contributed by atoms with Crippen molar-refractivity contribution in [3.8, 4) is 5.75 Å². The number of hydrogen-bond donors (Lipinski definition) is 4. The van der Waals surface area contributed by atoms with E-state index < -0.39 is 5.60 Å². The summed E-state index contributed by atoms with van der Waals surface area (Å²) in [6, 6.07) is 6.75. The van der Waals surface area contributed by atoms with Crippen LogP contribution in [0, 0.1) is 0 Å². The third-order valence-electron chi connectivity index (χ3n) is 4.22. The number of urea groups is 1. The smallest absolute Gasteiger partial charge is 0.314 e. The molecule has 0 spiro atoms. The van der Waals surface area contributed by atoms with Crippen molar-refractivity contribution in [2.75, 3.05) is 13.1 Å². The molecule has 1 aliphatic rings. The molecule has 1 aromatic rings. The van der Waals surface area contributed by atoms with Gasteiger partial charge in [-0.15, -0.1) is 0 Å². The van der Waals surface area contributed by atoms with E-state index in [4.69, 9.17) is 0 Å². The van der Waals surface area contributed by atoms with E-state index >= 15 is 0 Å². The van der Waals surface area contributed by atoms with Crippen molar-refractivity contribution < 1.29 is 15.0 Å². The van der Waals surface area contributed by atoms with Crippen LogP contribution >= 0.6 is 0 Å². The van der Waals surface area contributed by atoms with Gasteiger partial charge in [0.25, 0.3) is 0 Å². The number of carbonyl (C=O) groups excluding carboxylic acids is 1. The molecule has 1 saturated carbocycles. The third-order valence-corrected chi connectivity index (χ3v) is 4.22. The predicted molar refractivity (Wildman–Crippen MR) is 85.9 cm³/mol. The molecule has 4 N–H and O–H groups in total. The molecule has 0 bridgehead atoms. The number of carbonyl (C=O) groups is 1. The van der Waals surface area contributed by atoms with E-state index in [2.05, 4.69) is 10.6 Å². The van der Waals surface area contributed by atoms with Crippen LogP contribution in [0.25, 0.3) is 0 Å². The van der Waals surface area contributed by atoms with Gasteiger partial charge in [0.15, 0.2) is 0 Å². The topological polar surface area (TPSA) is 81.6 Å². The molecule has 5 nitrogen and oxygen atoms in total. The second-order valence-electron chi connectivity index (χ2n) is 6.17. The predicted octanol–water partition coefficient (Wildman–Crippen LogP) is 2.32. The van der Waals surface area contributed by atoms with Crippen molar-refractivity contribution in [1.29, 1.82) is 0 Å². The minimum Gasteiger partial charge on any atom is -0.508 e. The number of benzene rings is 1. The first kappa shape index (κ1) is 16.6. The number of aliphatic hydroxyl groups is 1. The first-order chi connectivity index (χ1) is 10.6. The van der Waals surface area contributed by atoms with E-state index in [9.17, 15) is 15.0 Å². The van der Waals surface area contributed by atoms with Crippen LogP contribution < -0.4 is 10.6 Å². The van der Waals surface area contributed by atoms with Gasteiger partial charge in [-0.2, -0.15) is 0 Å². The maximum Gasteiger partial charge on any atom is 0.314 e. The van der Waals surface area contributed by atoms with Gasteiger partial charge < -0.3 is 20.8 Å². The van der Waals surface area contributed by atoms with Gasteiger partial charge in [0.2, 0.25) is 0 Å². The normalized spacial score (nSPS) is 17.5. The van der Waals surface area contributed by atoms with Crippen molar-refractivity contribution in [2.24, 2.45) is 0 Å². The summed E-state index contributed by atoms with van der Waals surface area (Å²) in [6.45, 7) is 0.804. The molecule has 122 valence electrons. The Balaban J connectivity index is 1.67. The lowest BCUT2D eigenvalue weighted by Crippen LogP contribution is -2.46. The number of amides is 2. The molecule has 2 amide bonds. The number of nitrogens with one attached hydrogen (secondary N) is 2. The number of hydrogen-bond acceptors (Lipinski definition) is 3. The van der Waals surface area contributed by atoms with Crippen molar-refractivity contribution in [3.63, 3.8) is 0 Å². The number of aromatic hydroxyl groups is 1. The molecule has 22 heavy (non-hydrogen) atoms. The van der Waals surface area contributed by atoms with E-state index in [1.54, 1.807) is 18.2 Å².